The van der Waals surface area contributed by atoms with E-state index < -0.39 is 8.07 Å². The lowest BCUT2D eigenvalue weighted by Gasteiger charge is -2.31. The molecule has 4 heteroatoms. The summed E-state index contributed by atoms with van der Waals surface area (Å²) in [7, 11) is -2.66. The van der Waals surface area contributed by atoms with Crippen LogP contribution in [0.3, 0.4) is 0 Å². The summed E-state index contributed by atoms with van der Waals surface area (Å²) < 4.78 is 0. The molecule has 0 radical (unpaired) electrons. The van der Waals surface area contributed by atoms with E-state index in [0.29, 0.717) is 17.5 Å². The average molecular weight is 642 g/mol. The fraction of sp³-hybridized carbons (Fsp3) is 0. The SMILES string of the molecule is c1ccc(-c2cccc(-c3nc(-c4ccccc4)nc(-c4ccc5c(c4)[Si](c4ccccc4)(c4ccccc4)c4ccccc4-5)n3)c2)cc1. The first-order valence-electron chi connectivity index (χ1n) is 16.6. The molecule has 0 saturated carbocycles. The molecule has 7 aromatic carbocycles. The van der Waals surface area contributed by atoms with Gasteiger partial charge in [-0.3, -0.25) is 0 Å². The van der Waals surface area contributed by atoms with E-state index in [2.05, 4.69) is 164 Å². The fourth-order valence-electron chi connectivity index (χ4n) is 7.40. The van der Waals surface area contributed by atoms with Gasteiger partial charge in [-0.1, -0.05) is 182 Å². The number of nitrogens with zero attached hydrogens (tertiary/aromatic N) is 3. The zero-order chi connectivity index (χ0) is 32.6. The van der Waals surface area contributed by atoms with Crippen LogP contribution in [0.5, 0.6) is 0 Å². The van der Waals surface area contributed by atoms with Gasteiger partial charge in [-0.15, -0.1) is 0 Å². The molecule has 1 aromatic heterocycles. The summed E-state index contributed by atoms with van der Waals surface area (Å²) in [4.78, 5) is 15.4. The monoisotopic (exact) mass is 641 g/mol. The second kappa shape index (κ2) is 12.1. The Hall–Kier alpha value is -6.23. The Bertz CT molecular complexity index is 2390. The van der Waals surface area contributed by atoms with Crippen LogP contribution in [-0.4, -0.2) is 23.0 Å². The molecule has 3 nitrogen and oxygen atoms in total. The van der Waals surface area contributed by atoms with Gasteiger partial charge in [0.05, 0.1) is 0 Å². The Morgan fingerprint density at radius 1 is 0.286 bits per heavy atom. The van der Waals surface area contributed by atoms with Crippen LogP contribution in [-0.2, 0) is 0 Å². The summed E-state index contributed by atoms with van der Waals surface area (Å²) in [5.74, 6) is 1.97. The zero-order valence-electron chi connectivity index (χ0n) is 26.7. The maximum absolute atomic E-state index is 5.20. The zero-order valence-corrected chi connectivity index (χ0v) is 27.7. The van der Waals surface area contributed by atoms with Crippen molar-refractivity contribution in [2.24, 2.45) is 0 Å². The maximum Gasteiger partial charge on any atom is 0.180 e. The van der Waals surface area contributed by atoms with Crippen molar-refractivity contribution in [3.8, 4) is 56.4 Å². The van der Waals surface area contributed by atoms with Crippen LogP contribution < -0.4 is 20.7 Å². The summed E-state index contributed by atoms with van der Waals surface area (Å²) in [6.07, 6.45) is 0. The molecule has 0 saturated heterocycles. The van der Waals surface area contributed by atoms with Gasteiger partial charge in [-0.25, -0.2) is 15.0 Å². The first kappa shape index (κ1) is 28.9. The summed E-state index contributed by atoms with van der Waals surface area (Å²) in [6, 6.07) is 67.1. The van der Waals surface area contributed by atoms with Crippen molar-refractivity contribution >= 4 is 28.8 Å². The van der Waals surface area contributed by atoms with Crippen molar-refractivity contribution in [3.63, 3.8) is 0 Å². The third-order valence-corrected chi connectivity index (χ3v) is 14.5. The highest BCUT2D eigenvalue weighted by molar-refractivity contribution is 7.22. The minimum atomic E-state index is -2.66. The third kappa shape index (κ3) is 4.93. The molecule has 2 heterocycles. The molecule has 230 valence electrons. The summed E-state index contributed by atoms with van der Waals surface area (Å²) in [6.45, 7) is 0. The fourth-order valence-corrected chi connectivity index (χ4v) is 12.6. The lowest BCUT2D eigenvalue weighted by Crippen LogP contribution is -2.72. The molecule has 49 heavy (non-hydrogen) atoms. The van der Waals surface area contributed by atoms with Crippen LogP contribution in [0.4, 0.5) is 0 Å². The first-order valence-corrected chi connectivity index (χ1v) is 18.6. The van der Waals surface area contributed by atoms with Crippen molar-refractivity contribution in [1.82, 2.24) is 15.0 Å². The minimum Gasteiger partial charge on any atom is -0.208 e. The van der Waals surface area contributed by atoms with E-state index >= 15 is 0 Å². The number of rotatable bonds is 6. The second-order valence-electron chi connectivity index (χ2n) is 12.4. The van der Waals surface area contributed by atoms with Crippen LogP contribution >= 0.6 is 0 Å². The van der Waals surface area contributed by atoms with Crippen LogP contribution in [0.25, 0.3) is 56.4 Å². The molecule has 8 aromatic rings. The summed E-state index contributed by atoms with van der Waals surface area (Å²) in [5.41, 5.74) is 7.76. The lowest BCUT2D eigenvalue weighted by atomic mass is 10.0. The Balaban J connectivity index is 1.28. The predicted octanol–water partition coefficient (Wildman–Crippen LogP) is 7.90. The molecule has 0 unspecified atom stereocenters. The van der Waals surface area contributed by atoms with Gasteiger partial charge < -0.3 is 0 Å². The second-order valence-corrected chi connectivity index (χ2v) is 16.1. The molecular weight excluding hydrogens is 611 g/mol. The smallest absolute Gasteiger partial charge is 0.180 e. The van der Waals surface area contributed by atoms with E-state index in [0.717, 1.165) is 27.8 Å². The van der Waals surface area contributed by atoms with Crippen molar-refractivity contribution in [1.29, 1.82) is 0 Å². The van der Waals surface area contributed by atoms with Gasteiger partial charge in [0.1, 0.15) is 0 Å². The molecule has 9 rings (SSSR count). The Labute approximate surface area is 287 Å². The van der Waals surface area contributed by atoms with Crippen LogP contribution in [0.1, 0.15) is 0 Å². The predicted molar refractivity (Wildman–Crippen MR) is 204 cm³/mol. The van der Waals surface area contributed by atoms with Crippen molar-refractivity contribution < 1.29 is 0 Å². The largest absolute Gasteiger partial charge is 0.208 e. The Morgan fingerprint density at radius 3 is 1.37 bits per heavy atom. The highest BCUT2D eigenvalue weighted by Crippen LogP contribution is 2.32. The van der Waals surface area contributed by atoms with Gasteiger partial charge in [0.2, 0.25) is 0 Å². The van der Waals surface area contributed by atoms with E-state index in [1.807, 2.05) is 24.3 Å². The van der Waals surface area contributed by atoms with E-state index in [4.69, 9.17) is 15.0 Å². The van der Waals surface area contributed by atoms with Crippen molar-refractivity contribution in [2.45, 2.75) is 0 Å². The standard InChI is InChI=1S/C45H31N3Si/c1-5-16-32(17-6-1)34-20-15-21-35(30-34)44-46-43(33-18-7-2-8-19-33)47-45(48-44)36-28-29-40-39-26-13-14-27-41(39)49(42(40)31-36,37-22-9-3-10-23-37)38-24-11-4-12-25-38/h1-31H. The first-order chi connectivity index (χ1) is 24.3. The Morgan fingerprint density at radius 2 is 0.735 bits per heavy atom. The molecular formula is C45H31N3Si. The van der Waals surface area contributed by atoms with Gasteiger partial charge in [-0.05, 0) is 49.1 Å². The molecule has 0 N–H and O–H groups in total. The molecule has 0 bridgehead atoms. The van der Waals surface area contributed by atoms with E-state index in [1.54, 1.807) is 0 Å². The van der Waals surface area contributed by atoms with Crippen molar-refractivity contribution in [2.75, 3.05) is 0 Å². The van der Waals surface area contributed by atoms with Crippen LogP contribution in [0, 0.1) is 0 Å². The third-order valence-electron chi connectivity index (χ3n) is 9.61. The maximum atomic E-state index is 5.20. The van der Waals surface area contributed by atoms with Gasteiger partial charge in [0.15, 0.2) is 25.5 Å². The number of fused-ring (bicyclic) bond motifs is 3. The molecule has 0 spiro atoms. The normalized spacial score (nSPS) is 12.7. The topological polar surface area (TPSA) is 38.7 Å². The minimum absolute atomic E-state index is 0.653. The summed E-state index contributed by atoms with van der Waals surface area (Å²) >= 11 is 0. The summed E-state index contributed by atoms with van der Waals surface area (Å²) in [5, 5.41) is 5.50. The number of aromatic nitrogens is 3. The quantitative estimate of drug-likeness (QED) is 0.173. The highest BCUT2D eigenvalue weighted by Gasteiger charge is 2.48. The number of hydrogen-bond donors (Lipinski definition) is 0. The van der Waals surface area contributed by atoms with Gasteiger partial charge in [-0.2, -0.15) is 0 Å². The van der Waals surface area contributed by atoms with Crippen molar-refractivity contribution in [3.05, 3.63) is 188 Å². The molecule has 1 aliphatic heterocycles. The number of hydrogen-bond acceptors (Lipinski definition) is 3. The van der Waals surface area contributed by atoms with E-state index in [1.165, 1.54) is 31.9 Å². The van der Waals surface area contributed by atoms with Gasteiger partial charge in [0, 0.05) is 16.7 Å². The average Bonchev–Trinajstić information content (AvgIpc) is 3.49. The van der Waals surface area contributed by atoms with Crippen LogP contribution in [0.2, 0.25) is 0 Å². The van der Waals surface area contributed by atoms with Crippen LogP contribution in [0.15, 0.2) is 188 Å². The molecule has 0 aliphatic carbocycles. The highest BCUT2D eigenvalue weighted by atomic mass is 28.3. The van der Waals surface area contributed by atoms with E-state index in [9.17, 15) is 0 Å². The molecule has 0 fully saturated rings. The van der Waals surface area contributed by atoms with E-state index in [-0.39, 0.29) is 0 Å². The van der Waals surface area contributed by atoms with Gasteiger partial charge >= 0.3 is 0 Å². The van der Waals surface area contributed by atoms with Gasteiger partial charge in [0.25, 0.3) is 0 Å². The Kier molecular flexibility index (Phi) is 7.14. The number of benzene rings is 7. The molecule has 0 atom stereocenters. The lowest BCUT2D eigenvalue weighted by molar-refractivity contribution is 1.07. The molecule has 0 amide bonds. The molecule has 1 aliphatic rings.